The van der Waals surface area contributed by atoms with E-state index < -0.39 is 28.6 Å². The van der Waals surface area contributed by atoms with E-state index in [0.29, 0.717) is 11.4 Å². The van der Waals surface area contributed by atoms with Crippen LogP contribution < -0.4 is 10.9 Å². The van der Waals surface area contributed by atoms with Crippen molar-refractivity contribution >= 4 is 22.6 Å². The van der Waals surface area contributed by atoms with Gasteiger partial charge < -0.3 is 15.4 Å². The summed E-state index contributed by atoms with van der Waals surface area (Å²) in [7, 11) is 0. The number of aromatic amines is 1. The zero-order valence-electron chi connectivity index (χ0n) is 15.4. The third-order valence-corrected chi connectivity index (χ3v) is 4.61. The van der Waals surface area contributed by atoms with Crippen molar-refractivity contribution < 1.29 is 14.3 Å². The fourth-order valence-corrected chi connectivity index (χ4v) is 3.11. The monoisotopic (exact) mass is 392 g/mol. The predicted molar refractivity (Wildman–Crippen MR) is 107 cm³/mol. The number of anilines is 1. The smallest absolute Gasteiger partial charge is 0.266 e. The largest absolute Gasteiger partial charge is 0.506 e. The molecule has 0 aliphatic rings. The number of fused-ring (bicyclic) bond motifs is 1. The molecule has 2 aromatic heterocycles. The van der Waals surface area contributed by atoms with Crippen LogP contribution in [0.4, 0.5) is 10.1 Å². The van der Waals surface area contributed by atoms with Crippen LogP contribution in [-0.2, 0) is 6.42 Å². The summed E-state index contributed by atoms with van der Waals surface area (Å²) in [6.45, 7) is 1.99. The number of aromatic nitrogens is 3. The van der Waals surface area contributed by atoms with E-state index in [1.54, 1.807) is 18.2 Å². The van der Waals surface area contributed by atoms with E-state index >= 15 is 0 Å². The van der Waals surface area contributed by atoms with Crippen LogP contribution >= 0.6 is 0 Å². The van der Waals surface area contributed by atoms with Gasteiger partial charge in [0.25, 0.3) is 11.5 Å². The number of hydrogen-bond acceptors (Lipinski definition) is 4. The number of amides is 1. The minimum Gasteiger partial charge on any atom is -0.506 e. The molecule has 2 aromatic carbocycles. The SMILES string of the molecule is CCc1cccc(NC(=O)c2c(O)c3cnn(-c4ccc(F)cc4)c3[nH]c2=O)c1. The first-order chi connectivity index (χ1) is 14.0. The minimum atomic E-state index is -0.761. The molecular weight excluding hydrogens is 375 g/mol. The summed E-state index contributed by atoms with van der Waals surface area (Å²) in [6.07, 6.45) is 2.13. The predicted octanol–water partition coefficient (Wildman–Crippen LogP) is 3.37. The van der Waals surface area contributed by atoms with Gasteiger partial charge >= 0.3 is 0 Å². The van der Waals surface area contributed by atoms with Crippen molar-refractivity contribution in [2.24, 2.45) is 0 Å². The van der Waals surface area contributed by atoms with Crippen molar-refractivity contribution in [3.05, 3.63) is 82.0 Å². The van der Waals surface area contributed by atoms with Crippen LogP contribution in [0.15, 0.2) is 59.5 Å². The van der Waals surface area contributed by atoms with Crippen molar-refractivity contribution in [2.75, 3.05) is 5.32 Å². The third-order valence-electron chi connectivity index (χ3n) is 4.61. The van der Waals surface area contributed by atoms with Gasteiger partial charge in [-0.1, -0.05) is 19.1 Å². The number of nitrogens with one attached hydrogen (secondary N) is 2. The van der Waals surface area contributed by atoms with Gasteiger partial charge in [-0.3, -0.25) is 9.59 Å². The Morgan fingerprint density at radius 1 is 1.24 bits per heavy atom. The van der Waals surface area contributed by atoms with Crippen LogP contribution in [-0.4, -0.2) is 25.8 Å². The molecule has 0 atom stereocenters. The second-order valence-electron chi connectivity index (χ2n) is 6.48. The van der Waals surface area contributed by atoms with Gasteiger partial charge in [0.05, 0.1) is 17.3 Å². The molecule has 4 aromatic rings. The van der Waals surface area contributed by atoms with Crippen LogP contribution in [0.1, 0.15) is 22.8 Å². The molecule has 7 nitrogen and oxygen atoms in total. The number of H-pyrrole nitrogens is 1. The summed E-state index contributed by atoms with van der Waals surface area (Å²) in [5.41, 5.74) is 1.07. The first kappa shape index (κ1) is 18.4. The Bertz CT molecular complexity index is 1280. The minimum absolute atomic E-state index is 0.196. The van der Waals surface area contributed by atoms with Crippen LogP contribution in [0.5, 0.6) is 5.75 Å². The van der Waals surface area contributed by atoms with Crippen LogP contribution in [0, 0.1) is 5.82 Å². The van der Waals surface area contributed by atoms with Crippen molar-refractivity contribution in [3.63, 3.8) is 0 Å². The maximum Gasteiger partial charge on any atom is 0.266 e. The van der Waals surface area contributed by atoms with E-state index in [4.69, 9.17) is 0 Å². The van der Waals surface area contributed by atoms with Crippen molar-refractivity contribution in [1.29, 1.82) is 0 Å². The first-order valence-electron chi connectivity index (χ1n) is 8.97. The van der Waals surface area contributed by atoms with Gasteiger partial charge in [-0.25, -0.2) is 9.07 Å². The molecule has 0 saturated carbocycles. The van der Waals surface area contributed by atoms with Crippen LogP contribution in [0.2, 0.25) is 0 Å². The van der Waals surface area contributed by atoms with E-state index in [1.807, 2.05) is 13.0 Å². The average Bonchev–Trinajstić information content (AvgIpc) is 3.12. The highest BCUT2D eigenvalue weighted by Crippen LogP contribution is 2.27. The fraction of sp³-hybridized carbons (Fsp3) is 0.0952. The molecule has 0 spiro atoms. The molecule has 0 aliphatic heterocycles. The highest BCUT2D eigenvalue weighted by atomic mass is 19.1. The number of carbonyl (C=O) groups is 1. The summed E-state index contributed by atoms with van der Waals surface area (Å²) in [5, 5.41) is 17.6. The highest BCUT2D eigenvalue weighted by molar-refractivity contribution is 6.08. The topological polar surface area (TPSA) is 100 Å². The van der Waals surface area contributed by atoms with Crippen LogP contribution in [0.3, 0.4) is 0 Å². The van der Waals surface area contributed by atoms with Crippen molar-refractivity contribution in [1.82, 2.24) is 14.8 Å². The lowest BCUT2D eigenvalue weighted by atomic mass is 10.1. The fourth-order valence-electron chi connectivity index (χ4n) is 3.11. The second kappa shape index (κ2) is 7.23. The number of aryl methyl sites for hydroxylation is 1. The van der Waals surface area contributed by atoms with E-state index in [1.165, 1.54) is 35.1 Å². The molecule has 4 rings (SSSR count). The Morgan fingerprint density at radius 2 is 2.00 bits per heavy atom. The number of halogens is 1. The van der Waals surface area contributed by atoms with Gasteiger partial charge in [0.15, 0.2) is 0 Å². The molecule has 0 saturated heterocycles. The molecule has 0 fully saturated rings. The van der Waals surface area contributed by atoms with E-state index in [0.717, 1.165) is 12.0 Å². The Hall–Kier alpha value is -3.94. The average molecular weight is 392 g/mol. The van der Waals surface area contributed by atoms with E-state index in [-0.39, 0.29) is 11.0 Å². The summed E-state index contributed by atoms with van der Waals surface area (Å²) >= 11 is 0. The third kappa shape index (κ3) is 3.36. The molecule has 29 heavy (non-hydrogen) atoms. The maximum atomic E-state index is 13.2. The number of aromatic hydroxyl groups is 1. The van der Waals surface area contributed by atoms with Gasteiger partial charge in [0.1, 0.15) is 22.8 Å². The number of rotatable bonds is 4. The molecule has 0 aliphatic carbocycles. The number of nitrogens with zero attached hydrogens (tertiary/aromatic N) is 2. The standard InChI is InChI=1S/C21H17FN4O3/c1-2-12-4-3-5-14(10-12)24-20(28)17-18(27)16-11-23-26(19(16)25-21(17)29)15-8-6-13(22)7-9-15/h3-11H,2H2,1H3,(H,24,28)(H2,25,27,29). The summed E-state index contributed by atoms with van der Waals surface area (Å²) in [6, 6.07) is 12.7. The molecule has 0 radical (unpaired) electrons. The summed E-state index contributed by atoms with van der Waals surface area (Å²) in [5.74, 6) is -1.61. The lowest BCUT2D eigenvalue weighted by molar-refractivity contribution is 0.102. The Morgan fingerprint density at radius 3 is 2.72 bits per heavy atom. The van der Waals surface area contributed by atoms with Gasteiger partial charge in [0, 0.05) is 5.69 Å². The van der Waals surface area contributed by atoms with E-state index in [9.17, 15) is 19.1 Å². The Labute approximate surface area is 164 Å². The zero-order chi connectivity index (χ0) is 20.5. The lowest BCUT2D eigenvalue weighted by Gasteiger charge is -2.09. The van der Waals surface area contributed by atoms with Gasteiger partial charge in [0.2, 0.25) is 0 Å². The van der Waals surface area contributed by atoms with Crippen molar-refractivity contribution in [3.8, 4) is 11.4 Å². The normalized spacial score (nSPS) is 11.0. The first-order valence-corrected chi connectivity index (χ1v) is 8.97. The molecule has 0 bridgehead atoms. The quantitative estimate of drug-likeness (QED) is 0.496. The maximum absolute atomic E-state index is 13.2. The van der Waals surface area contributed by atoms with Gasteiger partial charge in [-0.2, -0.15) is 5.10 Å². The second-order valence-corrected chi connectivity index (χ2v) is 6.48. The molecule has 2 heterocycles. The number of pyridine rings is 1. The molecular formula is C21H17FN4O3. The number of hydrogen-bond donors (Lipinski definition) is 3. The lowest BCUT2D eigenvalue weighted by Crippen LogP contribution is -2.23. The molecule has 1 amide bonds. The molecule has 0 unspecified atom stereocenters. The van der Waals surface area contributed by atoms with Crippen LogP contribution in [0.25, 0.3) is 16.7 Å². The molecule has 146 valence electrons. The highest BCUT2D eigenvalue weighted by Gasteiger charge is 2.22. The van der Waals surface area contributed by atoms with Crippen molar-refractivity contribution in [2.45, 2.75) is 13.3 Å². The van der Waals surface area contributed by atoms with Gasteiger partial charge in [-0.15, -0.1) is 0 Å². The molecule has 3 N–H and O–H groups in total. The Kier molecular flexibility index (Phi) is 4.59. The van der Waals surface area contributed by atoms with Gasteiger partial charge in [-0.05, 0) is 48.4 Å². The molecule has 8 heteroatoms. The Balaban J connectivity index is 1.75. The number of benzene rings is 2. The zero-order valence-corrected chi connectivity index (χ0v) is 15.4. The van der Waals surface area contributed by atoms with E-state index in [2.05, 4.69) is 15.4 Å². The number of carbonyl (C=O) groups excluding carboxylic acids is 1. The summed E-state index contributed by atoms with van der Waals surface area (Å²) < 4.78 is 14.5. The summed E-state index contributed by atoms with van der Waals surface area (Å²) in [4.78, 5) is 27.8.